The molecule has 40 heavy (non-hydrogen) atoms. The smallest absolute Gasteiger partial charge is 0.326 e. The zero-order chi connectivity index (χ0) is 29.7. The fraction of sp³-hybridized carbons (Fsp3) is 0.407. The van der Waals surface area contributed by atoms with Crippen molar-refractivity contribution in [1.82, 2.24) is 16.0 Å². The van der Waals surface area contributed by atoms with E-state index in [2.05, 4.69) is 28.6 Å². The molecule has 4 atom stereocenters. The van der Waals surface area contributed by atoms with Crippen molar-refractivity contribution in [1.29, 1.82) is 0 Å². The van der Waals surface area contributed by atoms with Gasteiger partial charge in [0.05, 0.1) is 6.04 Å². The van der Waals surface area contributed by atoms with Gasteiger partial charge in [-0.2, -0.15) is 12.6 Å². The van der Waals surface area contributed by atoms with E-state index >= 15 is 0 Å². The molecule has 0 spiro atoms. The number of nitrogens with two attached hydrogens (primary N) is 2. The van der Waals surface area contributed by atoms with Crippen molar-refractivity contribution < 1.29 is 34.5 Å². The van der Waals surface area contributed by atoms with Gasteiger partial charge in [0.25, 0.3) is 0 Å². The van der Waals surface area contributed by atoms with E-state index in [0.29, 0.717) is 36.9 Å². The maximum Gasteiger partial charge on any atom is 0.326 e. The molecule has 0 aliphatic carbocycles. The molecule has 12 nitrogen and oxygen atoms in total. The fourth-order valence-electron chi connectivity index (χ4n) is 3.80. The summed E-state index contributed by atoms with van der Waals surface area (Å²) in [6, 6.07) is 7.31. The van der Waals surface area contributed by atoms with Gasteiger partial charge in [0.1, 0.15) is 29.6 Å². The van der Waals surface area contributed by atoms with Crippen LogP contribution < -0.4 is 27.4 Å². The predicted molar refractivity (Wildman–Crippen MR) is 152 cm³/mol. The first-order valence-corrected chi connectivity index (χ1v) is 13.4. The minimum atomic E-state index is -1.33. The second kappa shape index (κ2) is 16.3. The number of carbonyl (C=O) groups is 4. The Labute approximate surface area is 237 Å². The number of nitrogens with one attached hydrogen (secondary N) is 3. The zero-order valence-electron chi connectivity index (χ0n) is 22.0. The number of phenolic OH excluding ortho intramolecular Hbond substituents is 2. The second-order valence-corrected chi connectivity index (χ2v) is 9.70. The van der Waals surface area contributed by atoms with E-state index in [-0.39, 0.29) is 30.1 Å². The second-order valence-electron chi connectivity index (χ2n) is 9.34. The quantitative estimate of drug-likeness (QED) is 0.0955. The standard InChI is InChI=1S/C27H37N5O7S/c28-12-2-1-3-20(29)24(35)32-23(15-40)26(37)30-21(13-16-4-8-18(33)9-5-16)25(36)31-22(27(38)39)14-17-6-10-19(34)11-7-17/h4-11,20-23,33-34,40H,1-3,12-15,28-29H2,(H,30,37)(H,31,36)(H,32,35)(H,38,39). The first kappa shape index (κ1) is 32.4. The van der Waals surface area contributed by atoms with E-state index in [1.165, 1.54) is 36.4 Å². The van der Waals surface area contributed by atoms with Gasteiger partial charge < -0.3 is 42.7 Å². The summed E-state index contributed by atoms with van der Waals surface area (Å²) >= 11 is 4.16. The Balaban J connectivity index is 2.17. The molecule has 2 aromatic rings. The normalized spacial score (nSPS) is 13.9. The van der Waals surface area contributed by atoms with Crippen LogP contribution in [0.25, 0.3) is 0 Å². The summed E-state index contributed by atoms with van der Waals surface area (Å²) in [6.45, 7) is 0.470. The van der Waals surface area contributed by atoms with E-state index in [1.807, 2.05) is 0 Å². The van der Waals surface area contributed by atoms with Crippen molar-refractivity contribution in [3.8, 4) is 11.5 Å². The Hall–Kier alpha value is -3.81. The summed E-state index contributed by atoms with van der Waals surface area (Å²) < 4.78 is 0. The number of hydrogen-bond donors (Lipinski definition) is 9. The summed E-state index contributed by atoms with van der Waals surface area (Å²) in [6.07, 6.45) is 1.63. The number of carbonyl (C=O) groups excluding carboxylic acids is 3. The first-order chi connectivity index (χ1) is 19.0. The average molecular weight is 576 g/mol. The molecule has 0 bridgehead atoms. The predicted octanol–water partition coefficient (Wildman–Crippen LogP) is -0.192. The summed E-state index contributed by atoms with van der Waals surface area (Å²) in [5.41, 5.74) is 12.5. The van der Waals surface area contributed by atoms with Gasteiger partial charge in [0.2, 0.25) is 17.7 Å². The van der Waals surface area contributed by atoms with E-state index in [0.717, 1.165) is 0 Å². The van der Waals surface area contributed by atoms with Gasteiger partial charge >= 0.3 is 5.97 Å². The number of amides is 3. The van der Waals surface area contributed by atoms with Gasteiger partial charge in [-0.1, -0.05) is 30.7 Å². The lowest BCUT2D eigenvalue weighted by Crippen LogP contribution is -2.58. The molecule has 0 aliphatic heterocycles. The molecule has 2 rings (SSSR count). The minimum absolute atomic E-state index is 0.00859. The summed E-state index contributed by atoms with van der Waals surface area (Å²) in [5.74, 6) is -3.38. The molecule has 0 saturated carbocycles. The number of thiol groups is 1. The van der Waals surface area contributed by atoms with Crippen LogP contribution in [0.5, 0.6) is 11.5 Å². The molecule has 10 N–H and O–H groups in total. The van der Waals surface area contributed by atoms with Crippen molar-refractivity contribution in [2.75, 3.05) is 12.3 Å². The molecule has 0 aromatic heterocycles. The van der Waals surface area contributed by atoms with Crippen LogP contribution in [0.2, 0.25) is 0 Å². The van der Waals surface area contributed by atoms with Crippen molar-refractivity contribution in [3.05, 3.63) is 59.7 Å². The molecule has 3 amide bonds. The lowest BCUT2D eigenvalue weighted by molar-refractivity contribution is -0.142. The van der Waals surface area contributed by atoms with Crippen molar-refractivity contribution in [2.24, 2.45) is 11.5 Å². The number of benzene rings is 2. The van der Waals surface area contributed by atoms with Crippen LogP contribution in [-0.4, -0.2) is 75.5 Å². The average Bonchev–Trinajstić information content (AvgIpc) is 2.92. The van der Waals surface area contributed by atoms with Crippen LogP contribution >= 0.6 is 12.6 Å². The largest absolute Gasteiger partial charge is 0.508 e. The van der Waals surface area contributed by atoms with Gasteiger partial charge in [-0.25, -0.2) is 4.79 Å². The van der Waals surface area contributed by atoms with Gasteiger partial charge in [0, 0.05) is 18.6 Å². The van der Waals surface area contributed by atoms with Crippen molar-refractivity contribution >= 4 is 36.3 Å². The van der Waals surface area contributed by atoms with Gasteiger partial charge in [-0.3, -0.25) is 14.4 Å². The number of carboxylic acids is 1. The highest BCUT2D eigenvalue weighted by Gasteiger charge is 2.30. The third-order valence-electron chi connectivity index (χ3n) is 6.12. The van der Waals surface area contributed by atoms with Crippen LogP contribution in [0.4, 0.5) is 0 Å². The Kier molecular flexibility index (Phi) is 13.2. The molecular weight excluding hydrogens is 538 g/mol. The lowest BCUT2D eigenvalue weighted by atomic mass is 10.0. The van der Waals surface area contributed by atoms with Crippen LogP contribution in [0.15, 0.2) is 48.5 Å². The number of hydrogen-bond acceptors (Lipinski definition) is 9. The highest BCUT2D eigenvalue weighted by Crippen LogP contribution is 2.14. The van der Waals surface area contributed by atoms with E-state index in [4.69, 9.17) is 11.5 Å². The van der Waals surface area contributed by atoms with Crippen LogP contribution in [0.1, 0.15) is 30.4 Å². The molecule has 13 heteroatoms. The van der Waals surface area contributed by atoms with Gasteiger partial charge in [-0.05, 0) is 54.8 Å². The fourth-order valence-corrected chi connectivity index (χ4v) is 4.06. The summed E-state index contributed by atoms with van der Waals surface area (Å²) in [7, 11) is 0. The maximum atomic E-state index is 13.3. The van der Waals surface area contributed by atoms with Crippen LogP contribution in [-0.2, 0) is 32.0 Å². The SMILES string of the molecule is NCCCCC(N)C(=O)NC(CS)C(=O)NC(Cc1ccc(O)cc1)C(=O)NC(Cc1ccc(O)cc1)C(=O)O. The third-order valence-corrected chi connectivity index (χ3v) is 6.49. The summed E-state index contributed by atoms with van der Waals surface area (Å²) in [4.78, 5) is 50.8. The molecular formula is C27H37N5O7S. The molecule has 218 valence electrons. The molecule has 0 radical (unpaired) electrons. The highest BCUT2D eigenvalue weighted by molar-refractivity contribution is 7.80. The number of unbranched alkanes of at least 4 members (excludes halogenated alkanes) is 1. The van der Waals surface area contributed by atoms with E-state index in [1.54, 1.807) is 12.1 Å². The van der Waals surface area contributed by atoms with Crippen LogP contribution in [0, 0.1) is 0 Å². The Morgan fingerprint density at radius 2 is 1.18 bits per heavy atom. The van der Waals surface area contributed by atoms with Crippen molar-refractivity contribution in [2.45, 2.75) is 56.3 Å². The highest BCUT2D eigenvalue weighted by atomic mass is 32.1. The first-order valence-electron chi connectivity index (χ1n) is 12.8. The van der Waals surface area contributed by atoms with Crippen LogP contribution in [0.3, 0.4) is 0 Å². The number of aromatic hydroxyl groups is 2. The lowest BCUT2D eigenvalue weighted by Gasteiger charge is -2.25. The van der Waals surface area contributed by atoms with Gasteiger partial charge in [0.15, 0.2) is 0 Å². The Morgan fingerprint density at radius 1 is 0.725 bits per heavy atom. The number of rotatable bonds is 16. The Morgan fingerprint density at radius 3 is 1.65 bits per heavy atom. The minimum Gasteiger partial charge on any atom is -0.508 e. The van der Waals surface area contributed by atoms with Gasteiger partial charge in [-0.15, -0.1) is 0 Å². The molecule has 4 unspecified atom stereocenters. The molecule has 0 fully saturated rings. The number of carboxylic acid groups (broad SMARTS) is 1. The number of phenols is 2. The third kappa shape index (κ3) is 10.8. The van der Waals surface area contributed by atoms with E-state index in [9.17, 15) is 34.5 Å². The number of aliphatic carboxylic acids is 1. The molecule has 0 saturated heterocycles. The molecule has 2 aromatic carbocycles. The monoisotopic (exact) mass is 575 g/mol. The molecule has 0 aliphatic rings. The maximum absolute atomic E-state index is 13.3. The Bertz CT molecular complexity index is 1130. The van der Waals surface area contributed by atoms with E-state index < -0.39 is 47.9 Å². The molecule has 0 heterocycles. The summed E-state index contributed by atoms with van der Waals surface area (Å²) in [5, 5.41) is 36.4. The van der Waals surface area contributed by atoms with Crippen molar-refractivity contribution in [3.63, 3.8) is 0 Å². The zero-order valence-corrected chi connectivity index (χ0v) is 22.8. The topological polar surface area (TPSA) is 217 Å².